The van der Waals surface area contributed by atoms with E-state index in [0.29, 0.717) is 6.04 Å². The van der Waals surface area contributed by atoms with Crippen molar-refractivity contribution in [1.82, 2.24) is 15.6 Å². The van der Waals surface area contributed by atoms with Crippen LogP contribution in [-0.2, 0) is 6.42 Å². The monoisotopic (exact) mass is 261 g/mol. The lowest BCUT2D eigenvalue weighted by Crippen LogP contribution is -2.46. The van der Waals surface area contributed by atoms with Gasteiger partial charge in [0.2, 0.25) is 0 Å². The number of aromatic nitrogens is 1. The van der Waals surface area contributed by atoms with Gasteiger partial charge >= 0.3 is 0 Å². The van der Waals surface area contributed by atoms with Crippen molar-refractivity contribution in [2.75, 3.05) is 6.54 Å². The van der Waals surface area contributed by atoms with Crippen molar-refractivity contribution in [1.29, 1.82) is 0 Å². The normalized spacial score (nSPS) is 31.7. The van der Waals surface area contributed by atoms with Gasteiger partial charge in [-0.05, 0) is 57.7 Å². The van der Waals surface area contributed by atoms with E-state index in [4.69, 9.17) is 0 Å². The maximum atomic E-state index is 3.88. The zero-order valence-electron chi connectivity index (χ0n) is 12.0. The Hall–Kier alpha value is -0.800. The van der Waals surface area contributed by atoms with Crippen LogP contribution in [0.25, 0.3) is 0 Å². The molecule has 3 heteroatoms. The molecule has 0 aromatic carbocycles. The lowest BCUT2D eigenvalue weighted by atomic mass is 9.91. The van der Waals surface area contributed by atoms with Gasteiger partial charge in [0.1, 0.15) is 0 Å². The molecule has 106 valence electrons. The van der Waals surface area contributed by atoms with Gasteiger partial charge in [-0.1, -0.05) is 6.42 Å². The summed E-state index contributed by atoms with van der Waals surface area (Å²) in [5, 5.41) is 7.50. The second kappa shape index (κ2) is 6.10. The first-order valence-electron chi connectivity index (χ1n) is 7.93. The van der Waals surface area contributed by atoms with Crippen molar-refractivity contribution in [2.45, 2.75) is 70.0 Å². The first kappa shape index (κ1) is 13.2. The summed E-state index contributed by atoms with van der Waals surface area (Å²) < 4.78 is 0. The van der Waals surface area contributed by atoms with E-state index in [-0.39, 0.29) is 0 Å². The van der Waals surface area contributed by atoms with Crippen LogP contribution in [0.5, 0.6) is 0 Å². The van der Waals surface area contributed by atoms with Crippen molar-refractivity contribution >= 4 is 0 Å². The SMILES string of the molecule is Cc1ccc(CC2CCCC(CC3CCCN3)N2)[nH]1. The number of rotatable bonds is 4. The van der Waals surface area contributed by atoms with Gasteiger partial charge < -0.3 is 15.6 Å². The van der Waals surface area contributed by atoms with E-state index >= 15 is 0 Å². The maximum absolute atomic E-state index is 3.88. The molecule has 0 radical (unpaired) electrons. The zero-order chi connectivity index (χ0) is 13.1. The number of nitrogens with one attached hydrogen (secondary N) is 3. The molecule has 3 nitrogen and oxygen atoms in total. The van der Waals surface area contributed by atoms with Crippen molar-refractivity contribution in [3.05, 3.63) is 23.5 Å². The Bertz CT molecular complexity index is 392. The predicted octanol–water partition coefficient (Wildman–Crippen LogP) is 2.52. The Labute approximate surface area is 116 Å². The third kappa shape index (κ3) is 3.61. The van der Waals surface area contributed by atoms with Gasteiger partial charge in [-0.15, -0.1) is 0 Å². The number of hydrogen-bond acceptors (Lipinski definition) is 2. The van der Waals surface area contributed by atoms with Crippen LogP contribution >= 0.6 is 0 Å². The minimum absolute atomic E-state index is 0.665. The quantitative estimate of drug-likeness (QED) is 0.779. The van der Waals surface area contributed by atoms with Gasteiger partial charge in [0.05, 0.1) is 0 Å². The van der Waals surface area contributed by atoms with E-state index in [1.807, 2.05) is 0 Å². The number of hydrogen-bond donors (Lipinski definition) is 3. The highest BCUT2D eigenvalue weighted by molar-refractivity contribution is 5.13. The molecule has 0 aliphatic carbocycles. The second-order valence-corrected chi connectivity index (χ2v) is 6.39. The average molecular weight is 261 g/mol. The predicted molar refractivity (Wildman–Crippen MR) is 79.4 cm³/mol. The molecule has 2 aliphatic rings. The van der Waals surface area contributed by atoms with E-state index in [9.17, 15) is 0 Å². The maximum Gasteiger partial charge on any atom is 0.0164 e. The van der Waals surface area contributed by atoms with Gasteiger partial charge in [-0.3, -0.25) is 0 Å². The molecular weight excluding hydrogens is 234 g/mol. The van der Waals surface area contributed by atoms with E-state index in [0.717, 1.165) is 18.5 Å². The van der Waals surface area contributed by atoms with Crippen molar-refractivity contribution in [3.8, 4) is 0 Å². The lowest BCUT2D eigenvalue weighted by Gasteiger charge is -2.32. The van der Waals surface area contributed by atoms with Gasteiger partial charge in [-0.2, -0.15) is 0 Å². The van der Waals surface area contributed by atoms with E-state index < -0.39 is 0 Å². The minimum Gasteiger partial charge on any atom is -0.362 e. The molecule has 3 N–H and O–H groups in total. The smallest absolute Gasteiger partial charge is 0.0164 e. The number of piperidine rings is 1. The van der Waals surface area contributed by atoms with Crippen LogP contribution in [0.2, 0.25) is 0 Å². The molecule has 1 aromatic rings. The topological polar surface area (TPSA) is 39.8 Å². The number of H-pyrrole nitrogens is 1. The van der Waals surface area contributed by atoms with Crippen LogP contribution < -0.4 is 10.6 Å². The molecule has 0 saturated carbocycles. The van der Waals surface area contributed by atoms with E-state index in [2.05, 4.69) is 34.7 Å². The molecule has 2 saturated heterocycles. The summed E-state index contributed by atoms with van der Waals surface area (Å²) in [4.78, 5) is 3.46. The third-order valence-electron chi connectivity index (χ3n) is 4.67. The molecule has 2 fully saturated rings. The summed E-state index contributed by atoms with van der Waals surface area (Å²) in [5.41, 5.74) is 2.66. The zero-order valence-corrected chi connectivity index (χ0v) is 12.0. The van der Waals surface area contributed by atoms with Gasteiger partial charge in [0.25, 0.3) is 0 Å². The minimum atomic E-state index is 0.665. The molecule has 0 spiro atoms. The van der Waals surface area contributed by atoms with Crippen LogP contribution in [0.1, 0.15) is 49.9 Å². The van der Waals surface area contributed by atoms with E-state index in [1.54, 1.807) is 0 Å². The van der Waals surface area contributed by atoms with Crippen molar-refractivity contribution in [2.24, 2.45) is 0 Å². The summed E-state index contributed by atoms with van der Waals surface area (Å²) in [6.45, 7) is 3.36. The highest BCUT2D eigenvalue weighted by Gasteiger charge is 2.25. The molecule has 0 amide bonds. The third-order valence-corrected chi connectivity index (χ3v) is 4.67. The summed E-state index contributed by atoms with van der Waals surface area (Å²) in [6.07, 6.45) is 9.28. The van der Waals surface area contributed by atoms with Crippen molar-refractivity contribution in [3.63, 3.8) is 0 Å². The van der Waals surface area contributed by atoms with Gasteiger partial charge in [0, 0.05) is 35.9 Å². The fraction of sp³-hybridized carbons (Fsp3) is 0.750. The van der Waals surface area contributed by atoms with Crippen LogP contribution in [0.15, 0.2) is 12.1 Å². The summed E-state index contributed by atoms with van der Waals surface area (Å²) in [7, 11) is 0. The Morgan fingerprint density at radius 3 is 2.63 bits per heavy atom. The van der Waals surface area contributed by atoms with Crippen LogP contribution in [0.4, 0.5) is 0 Å². The summed E-state index contributed by atoms with van der Waals surface area (Å²) in [6, 6.07) is 6.57. The second-order valence-electron chi connectivity index (χ2n) is 6.39. The van der Waals surface area contributed by atoms with Crippen LogP contribution in [0, 0.1) is 6.92 Å². The summed E-state index contributed by atoms with van der Waals surface area (Å²) in [5.74, 6) is 0. The highest BCUT2D eigenvalue weighted by Crippen LogP contribution is 2.21. The number of aromatic amines is 1. The molecule has 3 atom stereocenters. The molecule has 1 aromatic heterocycles. The molecular formula is C16H27N3. The fourth-order valence-corrected chi connectivity index (χ4v) is 3.71. The van der Waals surface area contributed by atoms with E-state index in [1.165, 1.54) is 56.5 Å². The molecule has 3 rings (SSSR count). The largest absolute Gasteiger partial charge is 0.362 e. The first-order chi connectivity index (χ1) is 9.29. The standard InChI is InChI=1S/C16H27N3/c1-12-7-8-16(18-12)11-15-5-2-4-14(19-15)10-13-6-3-9-17-13/h7-8,13-15,17-19H,2-6,9-11H2,1H3. The Morgan fingerprint density at radius 1 is 1.05 bits per heavy atom. The highest BCUT2D eigenvalue weighted by atomic mass is 15.0. The molecule has 3 heterocycles. The lowest BCUT2D eigenvalue weighted by molar-refractivity contribution is 0.287. The fourth-order valence-electron chi connectivity index (χ4n) is 3.71. The Kier molecular flexibility index (Phi) is 4.24. The Balaban J connectivity index is 1.49. The molecule has 3 unspecified atom stereocenters. The van der Waals surface area contributed by atoms with Crippen LogP contribution in [-0.4, -0.2) is 29.7 Å². The Morgan fingerprint density at radius 2 is 1.89 bits per heavy atom. The van der Waals surface area contributed by atoms with Crippen LogP contribution in [0.3, 0.4) is 0 Å². The van der Waals surface area contributed by atoms with Crippen molar-refractivity contribution < 1.29 is 0 Å². The molecule has 0 bridgehead atoms. The van der Waals surface area contributed by atoms with Gasteiger partial charge in [0.15, 0.2) is 0 Å². The average Bonchev–Trinajstić information content (AvgIpc) is 3.02. The molecule has 2 aliphatic heterocycles. The number of aryl methyl sites for hydroxylation is 1. The molecule has 19 heavy (non-hydrogen) atoms. The first-order valence-corrected chi connectivity index (χ1v) is 7.93. The summed E-state index contributed by atoms with van der Waals surface area (Å²) >= 11 is 0. The van der Waals surface area contributed by atoms with Gasteiger partial charge in [-0.25, -0.2) is 0 Å².